The van der Waals surface area contributed by atoms with Crippen LogP contribution in [0.25, 0.3) is 16.6 Å². The van der Waals surface area contributed by atoms with E-state index in [-0.39, 0.29) is 0 Å². The van der Waals surface area contributed by atoms with E-state index >= 15 is 0 Å². The summed E-state index contributed by atoms with van der Waals surface area (Å²) in [6, 6.07) is 28.5. The van der Waals surface area contributed by atoms with Crippen LogP contribution in [-0.4, -0.2) is 11.7 Å². The molecular weight excluding hydrogens is 330 g/mol. The highest BCUT2D eigenvalue weighted by molar-refractivity contribution is 5.87. The van der Waals surface area contributed by atoms with Gasteiger partial charge in [-0.3, -0.25) is 0 Å². The zero-order chi connectivity index (χ0) is 18.5. The standard InChI is InChI=1S/C25H19NO/c1-27-23-15-16-25-22(19-23)17-18-26(25)24(21-12-6-3-7-13-21)14-8-11-20-9-4-2-5-10-20/h2-7,9-10,12-19H,1H3/b24-14-. The molecule has 0 amide bonds. The van der Waals surface area contributed by atoms with E-state index in [4.69, 9.17) is 4.74 Å². The molecule has 1 aromatic heterocycles. The van der Waals surface area contributed by atoms with Gasteiger partial charge in [-0.05, 0) is 42.0 Å². The molecule has 0 aliphatic heterocycles. The van der Waals surface area contributed by atoms with Crippen LogP contribution in [0, 0.1) is 11.8 Å². The fraction of sp³-hybridized carbons (Fsp3) is 0.0400. The van der Waals surface area contributed by atoms with Crippen LogP contribution in [0.4, 0.5) is 0 Å². The maximum atomic E-state index is 5.34. The van der Waals surface area contributed by atoms with Crippen molar-refractivity contribution in [2.75, 3.05) is 7.11 Å². The molecule has 1 heterocycles. The van der Waals surface area contributed by atoms with E-state index < -0.39 is 0 Å². The molecule has 4 rings (SSSR count). The van der Waals surface area contributed by atoms with Crippen molar-refractivity contribution >= 4 is 16.6 Å². The number of hydrogen-bond donors (Lipinski definition) is 0. The summed E-state index contributed by atoms with van der Waals surface area (Å²) < 4.78 is 7.51. The average molecular weight is 349 g/mol. The molecule has 2 heteroatoms. The first-order valence-corrected chi connectivity index (χ1v) is 8.83. The third-order valence-corrected chi connectivity index (χ3v) is 4.43. The minimum atomic E-state index is 0.856. The zero-order valence-corrected chi connectivity index (χ0v) is 15.1. The molecule has 2 nitrogen and oxygen atoms in total. The number of ether oxygens (including phenoxy) is 1. The van der Waals surface area contributed by atoms with Crippen molar-refractivity contribution in [1.29, 1.82) is 0 Å². The summed E-state index contributed by atoms with van der Waals surface area (Å²) in [6.45, 7) is 0. The highest BCUT2D eigenvalue weighted by Gasteiger charge is 2.08. The Kier molecular flexibility index (Phi) is 4.76. The fourth-order valence-electron chi connectivity index (χ4n) is 3.07. The number of methoxy groups -OCH3 is 1. The lowest BCUT2D eigenvalue weighted by atomic mass is 10.1. The van der Waals surface area contributed by atoms with E-state index in [1.165, 1.54) is 0 Å². The monoisotopic (exact) mass is 349 g/mol. The minimum Gasteiger partial charge on any atom is -0.497 e. The van der Waals surface area contributed by atoms with Gasteiger partial charge in [-0.1, -0.05) is 60.4 Å². The van der Waals surface area contributed by atoms with Crippen LogP contribution in [0.3, 0.4) is 0 Å². The molecule has 27 heavy (non-hydrogen) atoms. The summed E-state index contributed by atoms with van der Waals surface area (Å²) in [7, 11) is 1.69. The van der Waals surface area contributed by atoms with Crippen LogP contribution in [0.5, 0.6) is 5.75 Å². The zero-order valence-electron chi connectivity index (χ0n) is 15.1. The number of benzene rings is 3. The van der Waals surface area contributed by atoms with Gasteiger partial charge in [0.05, 0.1) is 18.3 Å². The quantitative estimate of drug-likeness (QED) is 0.440. The molecule has 4 aromatic rings. The van der Waals surface area contributed by atoms with Crippen LogP contribution in [-0.2, 0) is 0 Å². The van der Waals surface area contributed by atoms with Gasteiger partial charge in [-0.25, -0.2) is 0 Å². The van der Waals surface area contributed by atoms with Gasteiger partial charge in [-0.15, -0.1) is 0 Å². The third kappa shape index (κ3) is 3.63. The number of aromatic nitrogens is 1. The minimum absolute atomic E-state index is 0.856. The molecule has 3 aromatic carbocycles. The Hall–Kier alpha value is -3.70. The molecule has 0 spiro atoms. The van der Waals surface area contributed by atoms with E-state index in [0.29, 0.717) is 0 Å². The summed E-state index contributed by atoms with van der Waals surface area (Å²) >= 11 is 0. The summed E-state index contributed by atoms with van der Waals surface area (Å²) in [5.74, 6) is 7.29. The van der Waals surface area contributed by atoms with E-state index in [1.54, 1.807) is 7.11 Å². The van der Waals surface area contributed by atoms with Gasteiger partial charge in [0.1, 0.15) is 5.75 Å². The Bertz CT molecular complexity index is 1140. The fourth-order valence-corrected chi connectivity index (χ4v) is 3.07. The molecule has 0 aliphatic carbocycles. The van der Waals surface area contributed by atoms with Crippen molar-refractivity contribution in [3.05, 3.63) is 108 Å². The maximum absolute atomic E-state index is 5.34. The van der Waals surface area contributed by atoms with Gasteiger partial charge >= 0.3 is 0 Å². The molecule has 0 fully saturated rings. The first-order valence-electron chi connectivity index (χ1n) is 8.83. The summed E-state index contributed by atoms with van der Waals surface area (Å²) in [6.07, 6.45) is 4.05. The number of nitrogens with zero attached hydrogens (tertiary/aromatic N) is 1. The Morgan fingerprint density at radius 1 is 0.889 bits per heavy atom. The van der Waals surface area contributed by atoms with Gasteiger partial charge in [-0.2, -0.15) is 0 Å². The predicted octanol–water partition coefficient (Wildman–Crippen LogP) is 5.59. The average Bonchev–Trinajstić information content (AvgIpc) is 3.15. The highest BCUT2D eigenvalue weighted by atomic mass is 16.5. The van der Waals surface area contributed by atoms with Crippen molar-refractivity contribution in [3.63, 3.8) is 0 Å². The van der Waals surface area contributed by atoms with Crippen LogP contribution < -0.4 is 4.74 Å². The van der Waals surface area contributed by atoms with Crippen molar-refractivity contribution in [2.45, 2.75) is 0 Å². The SMILES string of the molecule is COc1ccc2c(ccn2/C(=C\C#Cc2ccccc2)c2ccccc2)c1. The van der Waals surface area contributed by atoms with E-state index in [1.807, 2.05) is 66.7 Å². The van der Waals surface area contributed by atoms with Crippen molar-refractivity contribution in [1.82, 2.24) is 4.57 Å². The third-order valence-electron chi connectivity index (χ3n) is 4.43. The van der Waals surface area contributed by atoms with E-state index in [0.717, 1.165) is 33.5 Å². The number of allylic oxidation sites excluding steroid dienone is 1. The van der Waals surface area contributed by atoms with Gasteiger partial charge in [0.2, 0.25) is 0 Å². The largest absolute Gasteiger partial charge is 0.497 e. The van der Waals surface area contributed by atoms with Crippen LogP contribution in [0.1, 0.15) is 11.1 Å². The van der Waals surface area contributed by atoms with Gasteiger partial charge in [0, 0.05) is 23.2 Å². The lowest BCUT2D eigenvalue weighted by Crippen LogP contribution is -1.97. The molecule has 130 valence electrons. The summed E-state index contributed by atoms with van der Waals surface area (Å²) in [5.41, 5.74) is 4.28. The lowest BCUT2D eigenvalue weighted by molar-refractivity contribution is 0.415. The number of hydrogen-bond acceptors (Lipinski definition) is 1. The van der Waals surface area contributed by atoms with Crippen LogP contribution >= 0.6 is 0 Å². The van der Waals surface area contributed by atoms with E-state index in [2.05, 4.69) is 46.9 Å². The van der Waals surface area contributed by atoms with Crippen LogP contribution in [0.15, 0.2) is 97.2 Å². The highest BCUT2D eigenvalue weighted by Crippen LogP contribution is 2.27. The molecule has 0 aliphatic rings. The molecule has 0 radical (unpaired) electrons. The smallest absolute Gasteiger partial charge is 0.119 e. The number of fused-ring (bicyclic) bond motifs is 1. The second kappa shape index (κ2) is 7.68. The predicted molar refractivity (Wildman–Crippen MR) is 112 cm³/mol. The molecule has 0 N–H and O–H groups in total. The molecular formula is C25H19NO. The maximum Gasteiger partial charge on any atom is 0.119 e. The second-order valence-corrected chi connectivity index (χ2v) is 6.14. The second-order valence-electron chi connectivity index (χ2n) is 6.14. The molecule has 0 bridgehead atoms. The summed E-state index contributed by atoms with van der Waals surface area (Å²) in [4.78, 5) is 0. The Morgan fingerprint density at radius 3 is 2.37 bits per heavy atom. The van der Waals surface area contributed by atoms with Crippen molar-refractivity contribution in [2.24, 2.45) is 0 Å². The van der Waals surface area contributed by atoms with Crippen molar-refractivity contribution in [3.8, 4) is 17.6 Å². The first kappa shape index (κ1) is 16.8. The molecule has 0 unspecified atom stereocenters. The first-order chi connectivity index (χ1) is 13.3. The molecule has 0 saturated heterocycles. The molecule has 0 saturated carbocycles. The van der Waals surface area contributed by atoms with Gasteiger partial charge in [0.25, 0.3) is 0 Å². The molecule has 0 atom stereocenters. The Morgan fingerprint density at radius 2 is 1.63 bits per heavy atom. The Balaban J connectivity index is 1.82. The summed E-state index contributed by atoms with van der Waals surface area (Å²) in [5, 5.41) is 1.13. The van der Waals surface area contributed by atoms with Gasteiger partial charge in [0.15, 0.2) is 0 Å². The van der Waals surface area contributed by atoms with Crippen molar-refractivity contribution < 1.29 is 4.74 Å². The normalized spacial score (nSPS) is 11.1. The topological polar surface area (TPSA) is 14.2 Å². The van der Waals surface area contributed by atoms with Gasteiger partial charge < -0.3 is 9.30 Å². The Labute approximate surface area is 159 Å². The van der Waals surface area contributed by atoms with E-state index in [9.17, 15) is 0 Å². The van der Waals surface area contributed by atoms with Crippen LogP contribution in [0.2, 0.25) is 0 Å². The number of rotatable bonds is 3. The lowest BCUT2D eigenvalue weighted by Gasteiger charge is -2.11.